The summed E-state index contributed by atoms with van der Waals surface area (Å²) >= 11 is 3.44. The minimum Gasteiger partial charge on any atom is -0.378 e. The van der Waals surface area contributed by atoms with Crippen LogP contribution in [0.3, 0.4) is 0 Å². The lowest BCUT2D eigenvalue weighted by molar-refractivity contribution is 0.122. The van der Waals surface area contributed by atoms with E-state index >= 15 is 0 Å². The summed E-state index contributed by atoms with van der Waals surface area (Å²) in [5.41, 5.74) is 0. The van der Waals surface area contributed by atoms with Crippen molar-refractivity contribution in [2.75, 3.05) is 54.5 Å². The number of hydrogen-bond donors (Lipinski definition) is 1. The molecular weight excluding hydrogens is 396 g/mol. The molecule has 0 bridgehead atoms. The van der Waals surface area contributed by atoms with Gasteiger partial charge >= 0.3 is 0 Å². The summed E-state index contributed by atoms with van der Waals surface area (Å²) in [5.74, 6) is 2.74. The van der Waals surface area contributed by atoms with Crippen LogP contribution in [-0.2, 0) is 4.74 Å². The van der Waals surface area contributed by atoms with Crippen LogP contribution in [0, 0.1) is 0 Å². The summed E-state index contributed by atoms with van der Waals surface area (Å²) in [7, 11) is 0. The van der Waals surface area contributed by atoms with E-state index in [0.717, 1.165) is 74.3 Å². The first-order chi connectivity index (χ1) is 12.8. The second kappa shape index (κ2) is 8.18. The molecule has 0 radical (unpaired) electrons. The van der Waals surface area contributed by atoms with Gasteiger partial charge in [-0.15, -0.1) is 0 Å². The molecule has 26 heavy (non-hydrogen) atoms. The van der Waals surface area contributed by atoms with E-state index in [1.807, 2.05) is 24.5 Å². The van der Waals surface area contributed by atoms with Gasteiger partial charge in [0.2, 0.25) is 5.95 Å². The van der Waals surface area contributed by atoms with Crippen LogP contribution in [0.25, 0.3) is 0 Å². The first kappa shape index (κ1) is 17.5. The van der Waals surface area contributed by atoms with Crippen molar-refractivity contribution in [1.82, 2.24) is 15.0 Å². The fourth-order valence-electron chi connectivity index (χ4n) is 3.36. The summed E-state index contributed by atoms with van der Waals surface area (Å²) in [6.07, 6.45) is 5.82. The van der Waals surface area contributed by atoms with Gasteiger partial charge in [0.25, 0.3) is 0 Å². The molecule has 2 aromatic rings. The number of rotatable bonds is 4. The van der Waals surface area contributed by atoms with Crippen LogP contribution in [0.4, 0.5) is 17.6 Å². The Morgan fingerprint density at radius 1 is 1.00 bits per heavy atom. The van der Waals surface area contributed by atoms with Crippen LogP contribution in [0.2, 0.25) is 0 Å². The van der Waals surface area contributed by atoms with Crippen LogP contribution >= 0.6 is 15.9 Å². The Morgan fingerprint density at radius 3 is 2.54 bits per heavy atom. The first-order valence-electron chi connectivity index (χ1n) is 9.07. The van der Waals surface area contributed by atoms with E-state index in [1.165, 1.54) is 0 Å². The molecule has 0 saturated carbocycles. The third-order valence-corrected chi connectivity index (χ3v) is 5.29. The second-order valence-electron chi connectivity index (χ2n) is 6.58. The molecule has 0 atom stereocenters. The minimum atomic E-state index is 0.425. The predicted octanol–water partition coefficient (Wildman–Crippen LogP) is 2.55. The highest BCUT2D eigenvalue weighted by atomic mass is 79.9. The van der Waals surface area contributed by atoms with Gasteiger partial charge in [-0.3, -0.25) is 0 Å². The SMILES string of the molecule is Brc1ccc(N2CCC(Nc3ccnc(N4CCOCC4)n3)CC2)nc1. The molecule has 2 aliphatic rings. The number of hydrogen-bond acceptors (Lipinski definition) is 7. The van der Waals surface area contributed by atoms with Gasteiger partial charge in [-0.1, -0.05) is 0 Å². The Bertz CT molecular complexity index is 714. The van der Waals surface area contributed by atoms with E-state index in [0.29, 0.717) is 6.04 Å². The average molecular weight is 419 g/mol. The number of nitrogens with one attached hydrogen (secondary N) is 1. The number of piperidine rings is 1. The van der Waals surface area contributed by atoms with Crippen molar-refractivity contribution in [3.05, 3.63) is 35.1 Å². The fraction of sp³-hybridized carbons (Fsp3) is 0.500. The van der Waals surface area contributed by atoms with Gasteiger partial charge in [0.15, 0.2) is 0 Å². The first-order valence-corrected chi connectivity index (χ1v) is 9.86. The molecule has 0 spiro atoms. The van der Waals surface area contributed by atoms with Crippen molar-refractivity contribution in [3.8, 4) is 0 Å². The number of nitrogens with zero attached hydrogens (tertiary/aromatic N) is 5. The Labute approximate surface area is 161 Å². The topological polar surface area (TPSA) is 66.4 Å². The molecule has 1 N–H and O–H groups in total. The lowest BCUT2D eigenvalue weighted by atomic mass is 10.1. The molecule has 2 aromatic heterocycles. The Balaban J connectivity index is 1.33. The summed E-state index contributed by atoms with van der Waals surface area (Å²) < 4.78 is 6.41. The van der Waals surface area contributed by atoms with Crippen molar-refractivity contribution in [1.29, 1.82) is 0 Å². The van der Waals surface area contributed by atoms with E-state index in [2.05, 4.69) is 47.1 Å². The van der Waals surface area contributed by atoms with Crippen molar-refractivity contribution in [2.45, 2.75) is 18.9 Å². The van der Waals surface area contributed by atoms with Crippen molar-refractivity contribution < 1.29 is 4.74 Å². The molecule has 0 amide bonds. The highest BCUT2D eigenvalue weighted by Crippen LogP contribution is 2.22. The Morgan fingerprint density at radius 2 is 1.81 bits per heavy atom. The minimum absolute atomic E-state index is 0.425. The van der Waals surface area contributed by atoms with E-state index in [1.54, 1.807) is 0 Å². The molecule has 2 saturated heterocycles. The highest BCUT2D eigenvalue weighted by Gasteiger charge is 2.21. The number of anilines is 3. The summed E-state index contributed by atoms with van der Waals surface area (Å²) in [5, 5.41) is 3.58. The van der Waals surface area contributed by atoms with Crippen LogP contribution < -0.4 is 15.1 Å². The van der Waals surface area contributed by atoms with Gasteiger partial charge in [-0.05, 0) is 47.0 Å². The van der Waals surface area contributed by atoms with E-state index in [4.69, 9.17) is 9.72 Å². The van der Waals surface area contributed by atoms with Crippen molar-refractivity contribution >= 4 is 33.5 Å². The maximum Gasteiger partial charge on any atom is 0.227 e. The smallest absolute Gasteiger partial charge is 0.227 e. The zero-order valence-electron chi connectivity index (χ0n) is 14.6. The largest absolute Gasteiger partial charge is 0.378 e. The third-order valence-electron chi connectivity index (χ3n) is 4.82. The predicted molar refractivity (Wildman–Crippen MR) is 106 cm³/mol. The van der Waals surface area contributed by atoms with Gasteiger partial charge in [-0.25, -0.2) is 9.97 Å². The number of morpholine rings is 1. The standard InChI is InChI=1S/C18H23BrN6O/c19-14-1-2-17(21-13-14)24-7-4-15(5-8-24)22-16-3-6-20-18(23-16)25-9-11-26-12-10-25/h1-3,6,13,15H,4-5,7-12H2,(H,20,22,23). The quantitative estimate of drug-likeness (QED) is 0.817. The molecule has 4 rings (SSSR count). The molecule has 2 aliphatic heterocycles. The van der Waals surface area contributed by atoms with E-state index in [-0.39, 0.29) is 0 Å². The van der Waals surface area contributed by atoms with Crippen LogP contribution in [-0.4, -0.2) is 60.4 Å². The average Bonchev–Trinajstić information content (AvgIpc) is 2.70. The number of aromatic nitrogens is 3. The summed E-state index contributed by atoms with van der Waals surface area (Å²) in [6.45, 7) is 5.17. The van der Waals surface area contributed by atoms with Gasteiger partial charge in [0, 0.05) is 49.1 Å². The molecule has 0 unspecified atom stereocenters. The summed E-state index contributed by atoms with van der Waals surface area (Å²) in [6, 6.07) is 6.48. The monoisotopic (exact) mass is 418 g/mol. The molecular formula is C18H23BrN6O. The lowest BCUT2D eigenvalue weighted by Gasteiger charge is -2.33. The molecule has 8 heteroatoms. The lowest BCUT2D eigenvalue weighted by Crippen LogP contribution is -2.40. The highest BCUT2D eigenvalue weighted by molar-refractivity contribution is 9.10. The second-order valence-corrected chi connectivity index (χ2v) is 7.50. The summed E-state index contributed by atoms with van der Waals surface area (Å²) in [4.78, 5) is 18.1. The zero-order valence-corrected chi connectivity index (χ0v) is 16.2. The maximum atomic E-state index is 5.40. The van der Waals surface area contributed by atoms with Crippen LogP contribution in [0.15, 0.2) is 35.1 Å². The Kier molecular flexibility index (Phi) is 5.50. The van der Waals surface area contributed by atoms with Crippen molar-refractivity contribution in [3.63, 3.8) is 0 Å². The molecule has 7 nitrogen and oxygen atoms in total. The van der Waals surface area contributed by atoms with Crippen molar-refractivity contribution in [2.24, 2.45) is 0 Å². The van der Waals surface area contributed by atoms with Crippen LogP contribution in [0.5, 0.6) is 0 Å². The normalized spacial score (nSPS) is 18.8. The molecule has 0 aromatic carbocycles. The molecule has 2 fully saturated rings. The third kappa shape index (κ3) is 4.24. The van der Waals surface area contributed by atoms with Crippen LogP contribution in [0.1, 0.15) is 12.8 Å². The number of pyridine rings is 1. The molecule has 0 aliphatic carbocycles. The van der Waals surface area contributed by atoms with Gasteiger partial charge in [0.1, 0.15) is 11.6 Å². The van der Waals surface area contributed by atoms with Gasteiger partial charge in [0.05, 0.1) is 13.2 Å². The molecule has 138 valence electrons. The fourth-order valence-corrected chi connectivity index (χ4v) is 3.60. The van der Waals surface area contributed by atoms with Gasteiger partial charge in [-0.2, -0.15) is 4.98 Å². The zero-order chi connectivity index (χ0) is 17.8. The Hall–Kier alpha value is -1.93. The maximum absolute atomic E-state index is 5.40. The van der Waals surface area contributed by atoms with E-state index < -0.39 is 0 Å². The number of halogens is 1. The molecule has 4 heterocycles. The number of ether oxygens (including phenoxy) is 1. The van der Waals surface area contributed by atoms with E-state index in [9.17, 15) is 0 Å². The van der Waals surface area contributed by atoms with Gasteiger partial charge < -0.3 is 19.9 Å².